The highest BCUT2D eigenvalue weighted by atomic mass is 16.5. The molecule has 0 bridgehead atoms. The lowest BCUT2D eigenvalue weighted by molar-refractivity contribution is -0.139. The van der Waals surface area contributed by atoms with E-state index in [1.807, 2.05) is 31.2 Å². The number of ether oxygens (including phenoxy) is 1. The average Bonchev–Trinajstić information content (AvgIpc) is 2.75. The monoisotopic (exact) mass is 415 g/mol. The maximum atomic E-state index is 12.9. The van der Waals surface area contributed by atoms with Gasteiger partial charge >= 0.3 is 0 Å². The number of carbonyl (C=O) groups is 3. The Bertz CT molecular complexity index is 759. The standard InChI is InChI=1S/C23H33N3O4/c1-16-7-3-4-8-18(16)23(29)25-20-10-6-5-9-19(20)24-22(28)17-11-13-26(14-12-17)21(27)15-30-2/h3-4,7-8,17,19-20H,5-6,9-15H2,1-2H3,(H,24,28)(H,25,29)/t19?,20-/m1/s1. The van der Waals surface area contributed by atoms with E-state index in [0.717, 1.165) is 31.2 Å². The lowest BCUT2D eigenvalue weighted by atomic mass is 9.88. The molecule has 1 unspecified atom stereocenters. The normalized spacial score (nSPS) is 22.4. The molecule has 1 aliphatic carbocycles. The van der Waals surface area contributed by atoms with Crippen molar-refractivity contribution in [1.82, 2.24) is 15.5 Å². The Morgan fingerprint density at radius 3 is 2.27 bits per heavy atom. The molecule has 1 aromatic rings. The Morgan fingerprint density at radius 2 is 1.63 bits per heavy atom. The predicted molar refractivity (Wildman–Crippen MR) is 114 cm³/mol. The Morgan fingerprint density at radius 1 is 1.00 bits per heavy atom. The van der Waals surface area contributed by atoms with Crippen molar-refractivity contribution >= 4 is 17.7 Å². The van der Waals surface area contributed by atoms with Crippen LogP contribution >= 0.6 is 0 Å². The number of aryl methyl sites for hydroxylation is 1. The first-order chi connectivity index (χ1) is 14.5. The van der Waals surface area contributed by atoms with Gasteiger partial charge < -0.3 is 20.3 Å². The minimum atomic E-state index is -0.0914. The third kappa shape index (κ3) is 5.59. The van der Waals surface area contributed by atoms with Crippen LogP contribution in [0.1, 0.15) is 54.4 Å². The lowest BCUT2D eigenvalue weighted by Crippen LogP contribution is -2.55. The van der Waals surface area contributed by atoms with Gasteiger partial charge in [0.15, 0.2) is 0 Å². The summed E-state index contributed by atoms with van der Waals surface area (Å²) in [5.74, 6) is -0.158. The van der Waals surface area contributed by atoms with Crippen molar-refractivity contribution in [2.45, 2.75) is 57.5 Å². The summed E-state index contributed by atoms with van der Waals surface area (Å²) in [6, 6.07) is 7.44. The summed E-state index contributed by atoms with van der Waals surface area (Å²) in [5, 5.41) is 6.35. The van der Waals surface area contributed by atoms with Crippen LogP contribution in [-0.2, 0) is 14.3 Å². The number of hydrogen-bond acceptors (Lipinski definition) is 4. The molecule has 7 nitrogen and oxygen atoms in total. The van der Waals surface area contributed by atoms with E-state index in [-0.39, 0.29) is 42.3 Å². The first-order valence-corrected chi connectivity index (χ1v) is 10.9. The molecule has 164 valence electrons. The number of nitrogens with one attached hydrogen (secondary N) is 2. The fourth-order valence-corrected chi connectivity index (χ4v) is 4.46. The molecule has 0 spiro atoms. The maximum Gasteiger partial charge on any atom is 0.251 e. The number of benzene rings is 1. The number of rotatable bonds is 6. The zero-order valence-corrected chi connectivity index (χ0v) is 18.0. The highest BCUT2D eigenvalue weighted by Gasteiger charge is 2.32. The summed E-state index contributed by atoms with van der Waals surface area (Å²) in [5.41, 5.74) is 1.63. The van der Waals surface area contributed by atoms with Crippen molar-refractivity contribution in [2.75, 3.05) is 26.8 Å². The zero-order valence-electron chi connectivity index (χ0n) is 18.0. The van der Waals surface area contributed by atoms with Gasteiger partial charge in [-0.2, -0.15) is 0 Å². The number of likely N-dealkylation sites (tertiary alicyclic amines) is 1. The van der Waals surface area contributed by atoms with Gasteiger partial charge in [-0.05, 0) is 44.2 Å². The molecule has 7 heteroatoms. The molecule has 1 saturated carbocycles. The third-order valence-corrected chi connectivity index (χ3v) is 6.29. The van der Waals surface area contributed by atoms with Crippen LogP contribution in [0, 0.1) is 12.8 Å². The van der Waals surface area contributed by atoms with Crippen LogP contribution in [0.4, 0.5) is 0 Å². The van der Waals surface area contributed by atoms with E-state index in [0.29, 0.717) is 31.5 Å². The van der Waals surface area contributed by atoms with Crippen molar-refractivity contribution in [1.29, 1.82) is 0 Å². The molecule has 2 aliphatic rings. The van der Waals surface area contributed by atoms with Crippen LogP contribution in [0.15, 0.2) is 24.3 Å². The second-order valence-electron chi connectivity index (χ2n) is 8.38. The first-order valence-electron chi connectivity index (χ1n) is 10.9. The topological polar surface area (TPSA) is 87.7 Å². The van der Waals surface area contributed by atoms with Crippen molar-refractivity contribution in [2.24, 2.45) is 5.92 Å². The van der Waals surface area contributed by atoms with E-state index < -0.39 is 0 Å². The van der Waals surface area contributed by atoms with Gasteiger partial charge in [0.05, 0.1) is 0 Å². The van der Waals surface area contributed by atoms with E-state index >= 15 is 0 Å². The first kappa shape index (κ1) is 22.3. The Balaban J connectivity index is 1.54. The molecule has 2 atom stereocenters. The Labute approximate surface area is 178 Å². The number of amides is 3. The second kappa shape index (κ2) is 10.6. The second-order valence-corrected chi connectivity index (χ2v) is 8.38. The van der Waals surface area contributed by atoms with Crippen LogP contribution in [0.25, 0.3) is 0 Å². The smallest absolute Gasteiger partial charge is 0.251 e. The van der Waals surface area contributed by atoms with Gasteiger partial charge in [0.2, 0.25) is 11.8 Å². The van der Waals surface area contributed by atoms with Crippen LogP contribution in [0.2, 0.25) is 0 Å². The quantitative estimate of drug-likeness (QED) is 0.744. The van der Waals surface area contributed by atoms with Gasteiger partial charge in [0.25, 0.3) is 5.91 Å². The van der Waals surface area contributed by atoms with Crippen LogP contribution in [-0.4, -0.2) is 61.5 Å². The minimum Gasteiger partial charge on any atom is -0.375 e. The molecular weight excluding hydrogens is 382 g/mol. The van der Waals surface area contributed by atoms with E-state index in [1.165, 1.54) is 7.11 Å². The number of piperidine rings is 1. The summed E-state index contributed by atoms with van der Waals surface area (Å²) in [6.07, 6.45) is 5.15. The highest BCUT2D eigenvalue weighted by molar-refractivity contribution is 5.95. The number of nitrogens with zero attached hydrogens (tertiary/aromatic N) is 1. The highest BCUT2D eigenvalue weighted by Crippen LogP contribution is 2.22. The maximum absolute atomic E-state index is 12.9. The van der Waals surface area contributed by atoms with Gasteiger partial charge in [-0.15, -0.1) is 0 Å². The van der Waals surface area contributed by atoms with Crippen LogP contribution in [0.5, 0.6) is 0 Å². The van der Waals surface area contributed by atoms with E-state index in [2.05, 4.69) is 10.6 Å². The summed E-state index contributed by atoms with van der Waals surface area (Å²) >= 11 is 0. The summed E-state index contributed by atoms with van der Waals surface area (Å²) < 4.78 is 4.91. The molecule has 30 heavy (non-hydrogen) atoms. The predicted octanol–water partition coefficient (Wildman–Crippen LogP) is 2.04. The molecule has 2 fully saturated rings. The number of carbonyl (C=O) groups excluding carboxylic acids is 3. The van der Waals surface area contributed by atoms with Gasteiger partial charge in [-0.25, -0.2) is 0 Å². The summed E-state index contributed by atoms with van der Waals surface area (Å²) in [4.78, 5) is 39.3. The fourth-order valence-electron chi connectivity index (χ4n) is 4.46. The van der Waals surface area contributed by atoms with Crippen LogP contribution < -0.4 is 10.6 Å². The molecule has 3 rings (SSSR count). The molecule has 0 radical (unpaired) electrons. The number of hydrogen-bond donors (Lipinski definition) is 2. The molecule has 1 heterocycles. The van der Waals surface area contributed by atoms with Crippen molar-refractivity contribution < 1.29 is 19.1 Å². The van der Waals surface area contributed by atoms with Crippen molar-refractivity contribution in [3.05, 3.63) is 35.4 Å². The molecule has 1 aromatic carbocycles. The minimum absolute atomic E-state index is 0.0254. The molecular formula is C23H33N3O4. The third-order valence-electron chi connectivity index (χ3n) is 6.29. The van der Waals surface area contributed by atoms with E-state index in [9.17, 15) is 14.4 Å². The summed E-state index contributed by atoms with van der Waals surface area (Å²) in [7, 11) is 1.51. The van der Waals surface area contributed by atoms with Gasteiger partial charge in [0.1, 0.15) is 6.61 Å². The van der Waals surface area contributed by atoms with Gasteiger partial charge in [-0.3, -0.25) is 14.4 Å². The van der Waals surface area contributed by atoms with Crippen molar-refractivity contribution in [3.63, 3.8) is 0 Å². The Kier molecular flexibility index (Phi) is 7.85. The molecule has 1 saturated heterocycles. The molecule has 3 amide bonds. The molecule has 1 aliphatic heterocycles. The molecule has 0 aromatic heterocycles. The SMILES string of the molecule is COCC(=O)N1CCC(C(=O)NC2CCCC[C@H]2NC(=O)c2ccccc2C)CC1. The molecule has 2 N–H and O–H groups in total. The Hall–Kier alpha value is -2.41. The van der Waals surface area contributed by atoms with E-state index in [1.54, 1.807) is 4.90 Å². The van der Waals surface area contributed by atoms with Crippen LogP contribution in [0.3, 0.4) is 0 Å². The average molecular weight is 416 g/mol. The van der Waals surface area contributed by atoms with Crippen molar-refractivity contribution in [3.8, 4) is 0 Å². The lowest BCUT2D eigenvalue weighted by Gasteiger charge is -2.36. The summed E-state index contributed by atoms with van der Waals surface area (Å²) in [6.45, 7) is 3.18. The fraction of sp³-hybridized carbons (Fsp3) is 0.609. The largest absolute Gasteiger partial charge is 0.375 e. The van der Waals surface area contributed by atoms with Gasteiger partial charge in [0, 0.05) is 43.8 Å². The number of methoxy groups -OCH3 is 1. The zero-order chi connectivity index (χ0) is 21.5. The van der Waals surface area contributed by atoms with Gasteiger partial charge in [-0.1, -0.05) is 31.0 Å². The van der Waals surface area contributed by atoms with E-state index in [4.69, 9.17) is 4.74 Å².